The van der Waals surface area contributed by atoms with Crippen molar-refractivity contribution in [1.29, 1.82) is 0 Å². The number of halogens is 3. The third-order valence-corrected chi connectivity index (χ3v) is 3.83. The minimum atomic E-state index is -2.62. The van der Waals surface area contributed by atoms with Crippen LogP contribution in [0.3, 0.4) is 0 Å². The zero-order chi connectivity index (χ0) is 18.4. The molecule has 0 saturated carbocycles. The highest BCUT2D eigenvalue weighted by Gasteiger charge is 2.13. The highest BCUT2D eigenvalue weighted by atomic mass is 127. The fourth-order valence-corrected chi connectivity index (χ4v) is 2.56. The average molecular weight is 493 g/mol. The number of imidazole rings is 1. The van der Waals surface area contributed by atoms with Crippen molar-refractivity contribution in [2.75, 3.05) is 19.9 Å². The summed E-state index contributed by atoms with van der Waals surface area (Å²) in [6.07, 6.45) is 3.35. The molecule has 0 radical (unpaired) electrons. The monoisotopic (exact) mass is 493 g/mol. The van der Waals surface area contributed by atoms with Crippen LogP contribution in [0.5, 0.6) is 11.5 Å². The van der Waals surface area contributed by atoms with E-state index in [-0.39, 0.29) is 43.1 Å². The molecule has 1 aliphatic heterocycles. The third-order valence-electron chi connectivity index (χ3n) is 3.83. The van der Waals surface area contributed by atoms with Crippen molar-refractivity contribution >= 4 is 29.9 Å². The summed E-state index contributed by atoms with van der Waals surface area (Å²) in [7, 11) is 0. The number of alkyl halides is 2. The number of hydrogen-bond acceptors (Lipinski definition) is 4. The van der Waals surface area contributed by atoms with Gasteiger partial charge in [0, 0.05) is 25.5 Å². The molecule has 3 rings (SSSR count). The highest BCUT2D eigenvalue weighted by Crippen LogP contribution is 2.32. The summed E-state index contributed by atoms with van der Waals surface area (Å²) in [6.45, 7) is 0.937. The summed E-state index contributed by atoms with van der Waals surface area (Å²) < 4.78 is 37.2. The van der Waals surface area contributed by atoms with Crippen molar-refractivity contribution in [3.63, 3.8) is 0 Å². The summed E-state index contributed by atoms with van der Waals surface area (Å²) in [5.74, 6) is 2.28. The second kappa shape index (κ2) is 10.3. The summed E-state index contributed by atoms with van der Waals surface area (Å²) in [6, 6.07) is 5.83. The van der Waals surface area contributed by atoms with Gasteiger partial charge in [-0.15, -0.1) is 24.0 Å². The summed E-state index contributed by atoms with van der Waals surface area (Å²) in [5.41, 5.74) is 1.10. The van der Waals surface area contributed by atoms with Gasteiger partial charge >= 0.3 is 6.55 Å². The van der Waals surface area contributed by atoms with E-state index in [1.165, 1.54) is 12.4 Å². The van der Waals surface area contributed by atoms with Gasteiger partial charge in [-0.05, 0) is 31.0 Å². The van der Waals surface area contributed by atoms with E-state index in [2.05, 4.69) is 20.6 Å². The number of guanidine groups is 1. The first-order chi connectivity index (χ1) is 12.7. The van der Waals surface area contributed by atoms with Crippen LogP contribution in [0.15, 0.2) is 35.6 Å². The van der Waals surface area contributed by atoms with Crippen molar-refractivity contribution < 1.29 is 18.3 Å². The fraction of sp³-hybridized carbons (Fsp3) is 0.412. The zero-order valence-electron chi connectivity index (χ0n) is 14.8. The predicted octanol–water partition coefficient (Wildman–Crippen LogP) is 2.92. The topological polar surface area (TPSA) is 72.7 Å². The maximum Gasteiger partial charge on any atom is 0.319 e. The lowest BCUT2D eigenvalue weighted by molar-refractivity contribution is 0.0671. The molecule has 10 heteroatoms. The Labute approximate surface area is 173 Å². The molecule has 0 spiro atoms. The van der Waals surface area contributed by atoms with Gasteiger partial charge in [-0.25, -0.2) is 9.98 Å². The number of rotatable bonds is 7. The van der Waals surface area contributed by atoms with Crippen molar-refractivity contribution in [3.05, 3.63) is 42.0 Å². The Hall–Kier alpha value is -2.11. The van der Waals surface area contributed by atoms with Crippen LogP contribution in [0.4, 0.5) is 8.78 Å². The Kier molecular flexibility index (Phi) is 8.07. The van der Waals surface area contributed by atoms with Crippen LogP contribution >= 0.6 is 24.0 Å². The SMILES string of the molecule is CCNC(=NCc1nccn1C(F)F)NCCc1ccc2c(c1)OCO2.I. The van der Waals surface area contributed by atoms with E-state index in [1.807, 2.05) is 25.1 Å². The van der Waals surface area contributed by atoms with Gasteiger partial charge in [-0.3, -0.25) is 4.57 Å². The van der Waals surface area contributed by atoms with E-state index in [1.54, 1.807) is 0 Å². The van der Waals surface area contributed by atoms with Crippen molar-refractivity contribution in [2.45, 2.75) is 26.4 Å². The highest BCUT2D eigenvalue weighted by molar-refractivity contribution is 14.0. The predicted molar refractivity (Wildman–Crippen MR) is 108 cm³/mol. The number of nitrogens with zero attached hydrogens (tertiary/aromatic N) is 3. The van der Waals surface area contributed by atoms with Crippen molar-refractivity contribution in [1.82, 2.24) is 20.2 Å². The second-order valence-electron chi connectivity index (χ2n) is 5.59. The fourth-order valence-electron chi connectivity index (χ4n) is 2.56. The maximum absolute atomic E-state index is 12.8. The first-order valence-corrected chi connectivity index (χ1v) is 8.38. The number of fused-ring (bicyclic) bond motifs is 1. The van der Waals surface area contributed by atoms with E-state index in [0.717, 1.165) is 28.1 Å². The van der Waals surface area contributed by atoms with Crippen LogP contribution in [0.25, 0.3) is 0 Å². The molecule has 2 aromatic rings. The number of nitrogens with one attached hydrogen (secondary N) is 2. The Morgan fingerprint density at radius 1 is 1.30 bits per heavy atom. The van der Waals surface area contributed by atoms with Crippen LogP contribution in [-0.2, 0) is 13.0 Å². The molecule has 0 fully saturated rings. The van der Waals surface area contributed by atoms with Gasteiger partial charge in [0.2, 0.25) is 6.79 Å². The molecule has 0 unspecified atom stereocenters. The van der Waals surface area contributed by atoms with Gasteiger partial charge in [-0.2, -0.15) is 8.78 Å². The van der Waals surface area contributed by atoms with Gasteiger partial charge in [-0.1, -0.05) is 6.07 Å². The molecule has 1 aromatic heterocycles. The van der Waals surface area contributed by atoms with Gasteiger partial charge in [0.1, 0.15) is 12.4 Å². The molecule has 1 aromatic carbocycles. The number of hydrogen-bond donors (Lipinski definition) is 2. The molecule has 2 N–H and O–H groups in total. The van der Waals surface area contributed by atoms with E-state index in [9.17, 15) is 8.78 Å². The first-order valence-electron chi connectivity index (χ1n) is 8.38. The molecular formula is C17H22F2IN5O2. The lowest BCUT2D eigenvalue weighted by Crippen LogP contribution is -2.38. The molecule has 0 amide bonds. The largest absolute Gasteiger partial charge is 0.454 e. The zero-order valence-corrected chi connectivity index (χ0v) is 17.2. The van der Waals surface area contributed by atoms with Crippen LogP contribution in [-0.4, -0.2) is 35.4 Å². The van der Waals surface area contributed by atoms with E-state index < -0.39 is 6.55 Å². The number of ether oxygens (including phenoxy) is 2. The Morgan fingerprint density at radius 3 is 2.89 bits per heavy atom. The second-order valence-corrected chi connectivity index (χ2v) is 5.59. The molecule has 0 atom stereocenters. The normalized spacial score (nSPS) is 12.8. The number of benzene rings is 1. The molecule has 1 aliphatic rings. The van der Waals surface area contributed by atoms with Crippen LogP contribution in [0.1, 0.15) is 24.9 Å². The molecule has 148 valence electrons. The minimum Gasteiger partial charge on any atom is -0.454 e. The molecule has 0 bridgehead atoms. The molecule has 0 aliphatic carbocycles. The quantitative estimate of drug-likeness (QED) is 0.353. The molecule has 0 saturated heterocycles. The Bertz CT molecular complexity index is 770. The van der Waals surface area contributed by atoms with Crippen LogP contribution in [0, 0.1) is 0 Å². The third kappa shape index (κ3) is 5.68. The lowest BCUT2D eigenvalue weighted by atomic mass is 10.1. The van der Waals surface area contributed by atoms with Crippen LogP contribution in [0.2, 0.25) is 0 Å². The summed E-state index contributed by atoms with van der Waals surface area (Å²) in [5, 5.41) is 6.28. The number of aromatic nitrogens is 2. The van der Waals surface area contributed by atoms with Crippen LogP contribution < -0.4 is 20.1 Å². The van der Waals surface area contributed by atoms with Crippen molar-refractivity contribution in [2.24, 2.45) is 4.99 Å². The maximum atomic E-state index is 12.8. The van der Waals surface area contributed by atoms with Gasteiger partial charge in [0.15, 0.2) is 17.5 Å². The molecule has 7 nitrogen and oxygen atoms in total. The summed E-state index contributed by atoms with van der Waals surface area (Å²) >= 11 is 0. The summed E-state index contributed by atoms with van der Waals surface area (Å²) in [4.78, 5) is 8.25. The van der Waals surface area contributed by atoms with Crippen molar-refractivity contribution in [3.8, 4) is 11.5 Å². The molecular weight excluding hydrogens is 471 g/mol. The first kappa shape index (κ1) is 21.2. The van der Waals surface area contributed by atoms with Gasteiger partial charge in [0.25, 0.3) is 0 Å². The minimum absolute atomic E-state index is 0. The Morgan fingerprint density at radius 2 is 2.11 bits per heavy atom. The Balaban J connectivity index is 0.00000261. The van der Waals surface area contributed by atoms with Gasteiger partial charge < -0.3 is 20.1 Å². The standard InChI is InChI=1S/C17H21F2N5O2.HI/c1-2-20-17(23-10-15-21-7-8-24(15)16(18)19)22-6-5-12-3-4-13-14(9-12)26-11-25-13;/h3-4,7-9,16H,2,5-6,10-11H2,1H3,(H2,20,22,23);1H. The molecule has 27 heavy (non-hydrogen) atoms. The number of aliphatic imine (C=N–C) groups is 1. The van der Waals surface area contributed by atoms with Gasteiger partial charge in [0.05, 0.1) is 0 Å². The average Bonchev–Trinajstić information content (AvgIpc) is 3.28. The lowest BCUT2D eigenvalue weighted by Gasteiger charge is -2.12. The van der Waals surface area contributed by atoms with E-state index in [4.69, 9.17) is 9.47 Å². The smallest absolute Gasteiger partial charge is 0.319 e. The molecule has 2 heterocycles. The van der Waals surface area contributed by atoms with E-state index in [0.29, 0.717) is 19.0 Å². The van der Waals surface area contributed by atoms with E-state index >= 15 is 0 Å².